The van der Waals surface area contributed by atoms with Crippen LogP contribution in [-0.4, -0.2) is 0 Å². The van der Waals surface area contributed by atoms with Gasteiger partial charge in [-0.25, -0.2) is 0 Å². The Morgan fingerprint density at radius 3 is 1.94 bits per heavy atom. The van der Waals surface area contributed by atoms with Gasteiger partial charge in [0.25, 0.3) is 0 Å². The van der Waals surface area contributed by atoms with E-state index >= 15 is 0 Å². The van der Waals surface area contributed by atoms with Gasteiger partial charge in [0.1, 0.15) is 0 Å². The number of hydrogen-bond donors (Lipinski definition) is 0. The average molecular weight is 234 g/mol. The standard InChI is InChI=1S/C17H30/c1-12-10-13(2)17(14(3)11-12)15(4)16-8-6-5-7-9-16/h12-14,16-17H,4-11H2,1-3H3. The van der Waals surface area contributed by atoms with Crippen molar-refractivity contribution in [2.45, 2.75) is 65.7 Å². The van der Waals surface area contributed by atoms with Crippen LogP contribution >= 0.6 is 0 Å². The van der Waals surface area contributed by atoms with E-state index in [0.717, 1.165) is 29.6 Å². The van der Waals surface area contributed by atoms with Crippen molar-refractivity contribution < 1.29 is 0 Å². The molecule has 0 aliphatic heterocycles. The highest BCUT2D eigenvalue weighted by molar-refractivity contribution is 5.10. The summed E-state index contributed by atoms with van der Waals surface area (Å²) in [6.07, 6.45) is 10.0. The summed E-state index contributed by atoms with van der Waals surface area (Å²) in [4.78, 5) is 0. The van der Waals surface area contributed by atoms with E-state index in [1.807, 2.05) is 0 Å². The zero-order valence-electron chi connectivity index (χ0n) is 12.0. The molecule has 17 heavy (non-hydrogen) atoms. The predicted molar refractivity (Wildman–Crippen MR) is 75.9 cm³/mol. The maximum absolute atomic E-state index is 4.53. The summed E-state index contributed by atoms with van der Waals surface area (Å²) >= 11 is 0. The van der Waals surface area contributed by atoms with Gasteiger partial charge in [0.15, 0.2) is 0 Å². The first-order valence-corrected chi connectivity index (χ1v) is 7.78. The molecule has 2 aliphatic rings. The van der Waals surface area contributed by atoms with Crippen LogP contribution in [0.4, 0.5) is 0 Å². The molecule has 2 atom stereocenters. The third-order valence-electron chi connectivity index (χ3n) is 5.33. The summed E-state index contributed by atoms with van der Waals surface area (Å²) in [5.74, 6) is 4.32. The van der Waals surface area contributed by atoms with Crippen LogP contribution in [0, 0.1) is 29.6 Å². The highest BCUT2D eigenvalue weighted by atomic mass is 14.4. The Morgan fingerprint density at radius 1 is 0.882 bits per heavy atom. The third kappa shape index (κ3) is 2.95. The molecule has 0 heteroatoms. The lowest BCUT2D eigenvalue weighted by molar-refractivity contribution is 0.149. The maximum Gasteiger partial charge on any atom is -0.0151 e. The van der Waals surface area contributed by atoms with Crippen LogP contribution in [0.2, 0.25) is 0 Å². The normalized spacial score (nSPS) is 40.2. The van der Waals surface area contributed by atoms with Gasteiger partial charge in [-0.15, -0.1) is 0 Å². The van der Waals surface area contributed by atoms with E-state index in [0.29, 0.717) is 0 Å². The minimum absolute atomic E-state index is 0.814. The summed E-state index contributed by atoms with van der Waals surface area (Å²) in [6, 6.07) is 0. The van der Waals surface area contributed by atoms with Crippen molar-refractivity contribution in [1.82, 2.24) is 0 Å². The second-order valence-electron chi connectivity index (χ2n) is 6.97. The molecule has 0 aromatic rings. The SMILES string of the molecule is C=C(C1CCCCC1)C1C(C)CC(C)CC1C. The van der Waals surface area contributed by atoms with Crippen LogP contribution in [0.5, 0.6) is 0 Å². The van der Waals surface area contributed by atoms with Crippen LogP contribution in [-0.2, 0) is 0 Å². The van der Waals surface area contributed by atoms with E-state index < -0.39 is 0 Å². The Hall–Kier alpha value is -0.260. The lowest BCUT2D eigenvalue weighted by Gasteiger charge is -2.42. The molecule has 2 fully saturated rings. The Balaban J connectivity index is 2.01. The van der Waals surface area contributed by atoms with Gasteiger partial charge >= 0.3 is 0 Å². The van der Waals surface area contributed by atoms with Crippen molar-refractivity contribution in [3.63, 3.8) is 0 Å². The first-order chi connectivity index (χ1) is 8.09. The van der Waals surface area contributed by atoms with Crippen molar-refractivity contribution in [3.8, 4) is 0 Å². The fraction of sp³-hybridized carbons (Fsp3) is 0.882. The molecule has 0 saturated heterocycles. The molecule has 0 aromatic heterocycles. The van der Waals surface area contributed by atoms with E-state index in [1.54, 1.807) is 5.57 Å². The minimum Gasteiger partial charge on any atom is -0.0993 e. The highest BCUT2D eigenvalue weighted by Gasteiger charge is 2.35. The van der Waals surface area contributed by atoms with Crippen LogP contribution in [0.3, 0.4) is 0 Å². The van der Waals surface area contributed by atoms with E-state index in [4.69, 9.17) is 0 Å². The van der Waals surface area contributed by atoms with Gasteiger partial charge in [0.2, 0.25) is 0 Å². The minimum atomic E-state index is 0.814. The molecular formula is C17H30. The fourth-order valence-corrected chi connectivity index (χ4v) is 4.70. The molecule has 0 heterocycles. The summed E-state index contributed by atoms with van der Waals surface area (Å²) in [7, 11) is 0. The summed E-state index contributed by atoms with van der Waals surface area (Å²) in [5.41, 5.74) is 1.62. The van der Waals surface area contributed by atoms with Crippen LogP contribution in [0.15, 0.2) is 12.2 Å². The molecule has 2 unspecified atom stereocenters. The van der Waals surface area contributed by atoms with Crippen molar-refractivity contribution in [3.05, 3.63) is 12.2 Å². The molecule has 2 aliphatic carbocycles. The van der Waals surface area contributed by atoms with E-state index in [2.05, 4.69) is 27.4 Å². The Labute approximate surface area is 108 Å². The molecule has 0 bridgehead atoms. The Kier molecular flexibility index (Phi) is 4.33. The average Bonchev–Trinajstić information content (AvgIpc) is 2.28. The van der Waals surface area contributed by atoms with Gasteiger partial charge in [-0.2, -0.15) is 0 Å². The van der Waals surface area contributed by atoms with Crippen LogP contribution in [0.25, 0.3) is 0 Å². The zero-order valence-corrected chi connectivity index (χ0v) is 12.0. The maximum atomic E-state index is 4.53. The van der Waals surface area contributed by atoms with Gasteiger partial charge < -0.3 is 0 Å². The lowest BCUT2D eigenvalue weighted by Crippen LogP contribution is -2.32. The molecule has 0 amide bonds. The zero-order chi connectivity index (χ0) is 12.4. The Bertz CT molecular complexity index is 247. The van der Waals surface area contributed by atoms with Crippen molar-refractivity contribution >= 4 is 0 Å². The molecule has 0 spiro atoms. The van der Waals surface area contributed by atoms with Gasteiger partial charge in [0.05, 0.1) is 0 Å². The van der Waals surface area contributed by atoms with Crippen molar-refractivity contribution in [2.24, 2.45) is 29.6 Å². The molecule has 0 nitrogen and oxygen atoms in total. The summed E-state index contributed by atoms with van der Waals surface area (Å²) in [5, 5.41) is 0. The first kappa shape index (κ1) is 13.2. The molecular weight excluding hydrogens is 204 g/mol. The van der Waals surface area contributed by atoms with Crippen LogP contribution < -0.4 is 0 Å². The lowest BCUT2D eigenvalue weighted by atomic mass is 9.63. The van der Waals surface area contributed by atoms with Crippen molar-refractivity contribution in [2.75, 3.05) is 0 Å². The quantitative estimate of drug-likeness (QED) is 0.558. The van der Waals surface area contributed by atoms with Crippen LogP contribution in [0.1, 0.15) is 65.7 Å². The molecule has 98 valence electrons. The van der Waals surface area contributed by atoms with E-state index in [1.165, 1.54) is 44.9 Å². The third-order valence-corrected chi connectivity index (χ3v) is 5.33. The molecule has 2 rings (SSSR count). The van der Waals surface area contributed by atoms with Gasteiger partial charge in [-0.3, -0.25) is 0 Å². The van der Waals surface area contributed by atoms with Gasteiger partial charge in [0, 0.05) is 0 Å². The smallest absolute Gasteiger partial charge is 0.0151 e. The largest absolute Gasteiger partial charge is 0.0993 e. The topological polar surface area (TPSA) is 0 Å². The first-order valence-electron chi connectivity index (χ1n) is 7.78. The molecule has 0 N–H and O–H groups in total. The van der Waals surface area contributed by atoms with E-state index in [-0.39, 0.29) is 0 Å². The second kappa shape index (κ2) is 5.59. The monoisotopic (exact) mass is 234 g/mol. The van der Waals surface area contributed by atoms with E-state index in [9.17, 15) is 0 Å². The highest BCUT2D eigenvalue weighted by Crippen LogP contribution is 2.45. The fourth-order valence-electron chi connectivity index (χ4n) is 4.70. The molecule has 0 aromatic carbocycles. The second-order valence-corrected chi connectivity index (χ2v) is 6.97. The Morgan fingerprint density at radius 2 is 1.41 bits per heavy atom. The molecule has 0 radical (unpaired) electrons. The van der Waals surface area contributed by atoms with Gasteiger partial charge in [-0.1, -0.05) is 52.2 Å². The molecule has 2 saturated carbocycles. The summed E-state index contributed by atoms with van der Waals surface area (Å²) < 4.78 is 0. The number of allylic oxidation sites excluding steroid dienone is 1. The van der Waals surface area contributed by atoms with Gasteiger partial charge in [-0.05, 0) is 55.3 Å². The number of rotatable bonds is 2. The number of hydrogen-bond acceptors (Lipinski definition) is 0. The predicted octanol–water partition coefficient (Wildman–Crippen LogP) is 5.44. The summed E-state index contributed by atoms with van der Waals surface area (Å²) in [6.45, 7) is 11.9. The van der Waals surface area contributed by atoms with Crippen molar-refractivity contribution in [1.29, 1.82) is 0 Å².